The molecular formula is C24H23Cl2F2Si. The summed E-state index contributed by atoms with van der Waals surface area (Å²) in [6.45, 7) is 6.34. The molecule has 0 aliphatic rings. The fourth-order valence-electron chi connectivity index (χ4n) is 3.41. The van der Waals surface area contributed by atoms with Crippen LogP contribution < -0.4 is 10.4 Å². The van der Waals surface area contributed by atoms with Crippen LogP contribution >= 0.6 is 23.2 Å². The lowest BCUT2D eigenvalue weighted by molar-refractivity contribution is 0.141. The molecule has 5 heteroatoms. The first-order valence-corrected chi connectivity index (χ1v) is 11.8. The van der Waals surface area contributed by atoms with Gasteiger partial charge >= 0.3 is 0 Å². The quantitative estimate of drug-likeness (QED) is 0.392. The van der Waals surface area contributed by atoms with E-state index in [4.69, 9.17) is 23.2 Å². The summed E-state index contributed by atoms with van der Waals surface area (Å²) in [6.07, 6.45) is -2.49. The molecular weight excluding hydrogens is 425 g/mol. The maximum atomic E-state index is 14.5. The van der Waals surface area contributed by atoms with Gasteiger partial charge in [0.25, 0.3) is 0 Å². The zero-order valence-electron chi connectivity index (χ0n) is 16.6. The van der Waals surface area contributed by atoms with E-state index in [1.165, 1.54) is 0 Å². The van der Waals surface area contributed by atoms with Crippen LogP contribution in [0.4, 0.5) is 8.78 Å². The Kier molecular flexibility index (Phi) is 6.82. The molecule has 3 rings (SSSR count). The third kappa shape index (κ3) is 5.27. The normalized spacial score (nSPS) is 13.1. The first kappa shape index (κ1) is 22.0. The molecule has 0 saturated carbocycles. The molecule has 0 N–H and O–H groups in total. The third-order valence-corrected chi connectivity index (χ3v) is 8.63. The lowest BCUT2D eigenvalue weighted by Crippen LogP contribution is -2.49. The standard InChI is InChI=1S/C24H23Cl2F2Si/c1-24(2,3)17-6-4-16(5-7-17)22(23(27)28)29(20-12-8-18(25)9-13-20)21-14-10-19(26)11-15-21/h4-15,22-23H,1-3H3/t22-/m0/s1. The molecule has 3 aromatic rings. The first-order chi connectivity index (χ1) is 13.7. The van der Waals surface area contributed by atoms with Crippen LogP contribution in [0.2, 0.25) is 10.0 Å². The Morgan fingerprint density at radius 1 is 0.690 bits per heavy atom. The molecule has 3 aromatic carbocycles. The van der Waals surface area contributed by atoms with Gasteiger partial charge in [-0.1, -0.05) is 103 Å². The van der Waals surface area contributed by atoms with Crippen molar-refractivity contribution in [3.8, 4) is 0 Å². The van der Waals surface area contributed by atoms with E-state index in [1.807, 2.05) is 48.5 Å². The number of halogens is 4. The van der Waals surface area contributed by atoms with E-state index in [2.05, 4.69) is 20.8 Å². The first-order valence-electron chi connectivity index (χ1n) is 9.44. The van der Waals surface area contributed by atoms with Gasteiger partial charge in [0.2, 0.25) is 6.43 Å². The van der Waals surface area contributed by atoms with Crippen LogP contribution in [0.15, 0.2) is 72.8 Å². The summed E-state index contributed by atoms with van der Waals surface area (Å²) in [5.74, 6) is 0. The Bertz CT molecular complexity index is 885. The minimum absolute atomic E-state index is 0.0288. The monoisotopic (exact) mass is 447 g/mol. The summed E-state index contributed by atoms with van der Waals surface area (Å²) in [5, 5.41) is 2.97. The van der Waals surface area contributed by atoms with Crippen molar-refractivity contribution < 1.29 is 8.78 Å². The lowest BCUT2D eigenvalue weighted by Gasteiger charge is -2.27. The van der Waals surface area contributed by atoms with E-state index in [0.717, 1.165) is 15.9 Å². The highest BCUT2D eigenvalue weighted by atomic mass is 35.5. The van der Waals surface area contributed by atoms with Crippen molar-refractivity contribution in [1.82, 2.24) is 0 Å². The average molecular weight is 448 g/mol. The summed E-state index contributed by atoms with van der Waals surface area (Å²) in [6, 6.07) is 22.2. The smallest absolute Gasteiger partial charge is 0.210 e. The van der Waals surface area contributed by atoms with Gasteiger partial charge in [-0.25, -0.2) is 8.78 Å². The van der Waals surface area contributed by atoms with Crippen LogP contribution in [-0.2, 0) is 5.41 Å². The fourth-order valence-corrected chi connectivity index (χ4v) is 6.55. The maximum Gasteiger partial charge on any atom is 0.243 e. The molecule has 1 atom stereocenters. The number of hydrogen-bond donors (Lipinski definition) is 0. The van der Waals surface area contributed by atoms with Gasteiger partial charge < -0.3 is 0 Å². The molecule has 0 aliphatic heterocycles. The second-order valence-corrected chi connectivity index (χ2v) is 11.6. The van der Waals surface area contributed by atoms with Gasteiger partial charge in [0, 0.05) is 15.6 Å². The highest BCUT2D eigenvalue weighted by Crippen LogP contribution is 2.30. The van der Waals surface area contributed by atoms with Crippen LogP contribution in [0.3, 0.4) is 0 Å². The Morgan fingerprint density at radius 2 is 1.10 bits per heavy atom. The molecule has 0 fully saturated rings. The predicted molar refractivity (Wildman–Crippen MR) is 122 cm³/mol. The molecule has 0 bridgehead atoms. The predicted octanol–water partition coefficient (Wildman–Crippen LogP) is 6.49. The minimum atomic E-state index is -2.49. The molecule has 151 valence electrons. The summed E-state index contributed by atoms with van der Waals surface area (Å²) < 4.78 is 28.9. The van der Waals surface area contributed by atoms with Gasteiger partial charge in [-0.2, -0.15) is 0 Å². The minimum Gasteiger partial charge on any atom is -0.210 e. The lowest BCUT2D eigenvalue weighted by atomic mass is 9.86. The maximum absolute atomic E-state index is 14.5. The molecule has 0 spiro atoms. The molecule has 0 nitrogen and oxygen atoms in total. The average Bonchev–Trinajstić information content (AvgIpc) is 2.67. The van der Waals surface area contributed by atoms with Crippen molar-refractivity contribution in [3.63, 3.8) is 0 Å². The second-order valence-electron chi connectivity index (χ2n) is 8.11. The van der Waals surface area contributed by atoms with Gasteiger partial charge in [-0.05, 0) is 40.8 Å². The second kappa shape index (κ2) is 8.99. The van der Waals surface area contributed by atoms with E-state index in [-0.39, 0.29) is 5.41 Å². The zero-order chi connectivity index (χ0) is 21.2. The molecule has 0 aromatic heterocycles. The Balaban J connectivity index is 2.11. The number of rotatable bonds is 5. The molecule has 0 unspecified atom stereocenters. The third-order valence-electron chi connectivity index (χ3n) is 5.01. The van der Waals surface area contributed by atoms with Crippen molar-refractivity contribution in [2.75, 3.05) is 0 Å². The largest absolute Gasteiger partial charge is 0.243 e. The van der Waals surface area contributed by atoms with Gasteiger partial charge in [0.15, 0.2) is 0 Å². The number of benzene rings is 3. The van der Waals surface area contributed by atoms with Crippen molar-refractivity contribution in [3.05, 3.63) is 94.0 Å². The Morgan fingerprint density at radius 3 is 1.45 bits per heavy atom. The summed E-state index contributed by atoms with van der Waals surface area (Å²) >= 11 is 12.1. The highest BCUT2D eigenvalue weighted by Gasteiger charge is 2.35. The molecule has 1 radical (unpaired) electrons. The Labute approximate surface area is 183 Å². The van der Waals surface area contributed by atoms with Gasteiger partial charge in [-0.3, -0.25) is 0 Å². The van der Waals surface area contributed by atoms with Crippen molar-refractivity contribution in [2.45, 2.75) is 38.2 Å². The van der Waals surface area contributed by atoms with Gasteiger partial charge in [-0.15, -0.1) is 0 Å². The van der Waals surface area contributed by atoms with Crippen molar-refractivity contribution in [2.24, 2.45) is 0 Å². The summed E-state index contributed by atoms with van der Waals surface area (Å²) in [5.41, 5.74) is 0.864. The summed E-state index contributed by atoms with van der Waals surface area (Å²) in [7, 11) is -1.84. The van der Waals surface area contributed by atoms with Gasteiger partial charge in [0.05, 0.1) is 0 Å². The topological polar surface area (TPSA) is 0 Å². The number of alkyl halides is 2. The van der Waals surface area contributed by atoms with E-state index >= 15 is 0 Å². The van der Waals surface area contributed by atoms with Gasteiger partial charge in [0.1, 0.15) is 8.80 Å². The van der Waals surface area contributed by atoms with E-state index < -0.39 is 20.8 Å². The fraction of sp³-hybridized carbons (Fsp3) is 0.250. The molecule has 0 saturated heterocycles. The van der Waals surface area contributed by atoms with E-state index in [1.54, 1.807) is 24.3 Å². The van der Waals surface area contributed by atoms with Crippen molar-refractivity contribution in [1.29, 1.82) is 0 Å². The number of hydrogen-bond acceptors (Lipinski definition) is 0. The summed E-state index contributed by atoms with van der Waals surface area (Å²) in [4.78, 5) is 0. The molecule has 0 amide bonds. The zero-order valence-corrected chi connectivity index (χ0v) is 19.1. The van der Waals surface area contributed by atoms with Crippen molar-refractivity contribution >= 4 is 42.4 Å². The van der Waals surface area contributed by atoms with Crippen LogP contribution in [0.1, 0.15) is 37.4 Å². The highest BCUT2D eigenvalue weighted by molar-refractivity contribution is 6.86. The molecule has 29 heavy (non-hydrogen) atoms. The molecule has 0 heterocycles. The Hall–Kier alpha value is -1.68. The van der Waals surface area contributed by atoms with Crippen LogP contribution in [-0.4, -0.2) is 15.2 Å². The van der Waals surface area contributed by atoms with E-state index in [0.29, 0.717) is 15.6 Å². The SMILES string of the molecule is CC(C)(C)c1ccc([C@@H](C(F)F)[Si](c2ccc(Cl)cc2)c2ccc(Cl)cc2)cc1. The van der Waals surface area contributed by atoms with Crippen LogP contribution in [0.5, 0.6) is 0 Å². The molecule has 0 aliphatic carbocycles. The van der Waals surface area contributed by atoms with E-state index in [9.17, 15) is 8.78 Å². The van der Waals surface area contributed by atoms with Crippen LogP contribution in [0.25, 0.3) is 0 Å². The van der Waals surface area contributed by atoms with Crippen LogP contribution in [0, 0.1) is 0 Å².